The molecule has 0 heterocycles. The van der Waals surface area contributed by atoms with E-state index in [1.54, 1.807) is 0 Å². The number of imide groups is 1. The molecule has 6 heteroatoms. The van der Waals surface area contributed by atoms with Gasteiger partial charge in [0.25, 0.3) is 5.91 Å². The Bertz CT molecular complexity index is 523. The Labute approximate surface area is 103 Å². The summed E-state index contributed by atoms with van der Waals surface area (Å²) in [7, 11) is 1.19. The van der Waals surface area contributed by atoms with E-state index in [-0.39, 0.29) is 17.9 Å². The van der Waals surface area contributed by atoms with Crippen molar-refractivity contribution < 1.29 is 18.7 Å². The predicted octanol–water partition coefficient (Wildman–Crippen LogP) is 0.888. The number of benzene rings is 1. The fourth-order valence-corrected chi connectivity index (χ4v) is 1.19. The molecule has 0 spiro atoms. The molecule has 0 saturated carbocycles. The normalized spacial score (nSPS) is 9.44. The van der Waals surface area contributed by atoms with Crippen LogP contribution >= 0.6 is 0 Å². The van der Waals surface area contributed by atoms with Crippen molar-refractivity contribution >= 4 is 12.0 Å². The maximum atomic E-state index is 13.3. The summed E-state index contributed by atoms with van der Waals surface area (Å²) in [4.78, 5) is 23.7. The molecule has 0 aliphatic heterocycles. The second-order valence-electron chi connectivity index (χ2n) is 3.26. The highest BCUT2D eigenvalue weighted by Gasteiger charge is 2.20. The Morgan fingerprint density at radius 3 is 2.72 bits per heavy atom. The number of ether oxygens (including phenoxy) is 1. The minimum atomic E-state index is -0.925. The molecule has 18 heavy (non-hydrogen) atoms. The van der Waals surface area contributed by atoms with E-state index < -0.39 is 17.8 Å². The van der Waals surface area contributed by atoms with Crippen molar-refractivity contribution in [3.05, 3.63) is 41.6 Å². The zero-order chi connectivity index (χ0) is 13.7. The predicted molar refractivity (Wildman–Crippen MR) is 60.3 cm³/mol. The van der Waals surface area contributed by atoms with Crippen LogP contribution in [0.1, 0.15) is 15.9 Å². The van der Waals surface area contributed by atoms with Crippen LogP contribution in [0.5, 0.6) is 0 Å². The largest absolute Gasteiger partial charge is 0.433 e. The van der Waals surface area contributed by atoms with E-state index in [1.807, 2.05) is 5.92 Å². The summed E-state index contributed by atoms with van der Waals surface area (Å²) < 4.78 is 17.8. The Hall–Kier alpha value is -2.39. The summed E-state index contributed by atoms with van der Waals surface area (Å²) in [5, 5.41) is 0. The zero-order valence-electron chi connectivity index (χ0n) is 9.57. The van der Waals surface area contributed by atoms with Gasteiger partial charge in [0.1, 0.15) is 12.5 Å². The molecule has 1 rings (SSSR count). The van der Waals surface area contributed by atoms with Gasteiger partial charge in [-0.1, -0.05) is 0 Å². The van der Waals surface area contributed by atoms with Crippen LogP contribution in [0.2, 0.25) is 0 Å². The molecule has 0 unspecified atom stereocenters. The number of hydrogen-bond donors (Lipinski definition) is 1. The average Bonchev–Trinajstić information content (AvgIpc) is 2.37. The van der Waals surface area contributed by atoms with Gasteiger partial charge in [0.2, 0.25) is 0 Å². The van der Waals surface area contributed by atoms with Crippen molar-refractivity contribution in [2.75, 3.05) is 13.8 Å². The molecule has 2 amide bonds. The lowest BCUT2D eigenvalue weighted by Crippen LogP contribution is -2.34. The van der Waals surface area contributed by atoms with Gasteiger partial charge >= 0.3 is 6.09 Å². The lowest BCUT2D eigenvalue weighted by Gasteiger charge is -2.14. The van der Waals surface area contributed by atoms with E-state index in [9.17, 15) is 14.0 Å². The third kappa shape index (κ3) is 2.84. The second-order valence-corrected chi connectivity index (χ2v) is 3.26. The highest BCUT2D eigenvalue weighted by atomic mass is 19.1. The maximum absolute atomic E-state index is 13.3. The van der Waals surface area contributed by atoms with Crippen LogP contribution in [0.4, 0.5) is 9.18 Å². The first-order chi connectivity index (χ1) is 8.51. The number of carbonyl (C=O) groups is 2. The molecular formula is C12H10FN2O3. The molecule has 1 aromatic carbocycles. The second kappa shape index (κ2) is 5.80. The first kappa shape index (κ1) is 13.7. The Balaban J connectivity index is 2.95. The molecule has 2 N–H and O–H groups in total. The maximum Gasteiger partial charge on any atom is 0.417 e. The third-order valence-electron chi connectivity index (χ3n) is 2.14. The molecule has 5 nitrogen and oxygen atoms in total. The molecule has 1 aromatic rings. The Morgan fingerprint density at radius 1 is 1.56 bits per heavy atom. The van der Waals surface area contributed by atoms with Gasteiger partial charge in [-0.2, -0.15) is 0 Å². The van der Waals surface area contributed by atoms with Crippen molar-refractivity contribution in [1.82, 2.24) is 4.90 Å². The van der Waals surface area contributed by atoms with Crippen LogP contribution in [-0.2, 0) is 4.74 Å². The quantitative estimate of drug-likeness (QED) is 0.624. The summed E-state index contributed by atoms with van der Waals surface area (Å²) in [6.45, 7) is -0.355. The average molecular weight is 249 g/mol. The van der Waals surface area contributed by atoms with Crippen LogP contribution in [-0.4, -0.2) is 30.7 Å². The number of amides is 2. The molecule has 0 saturated heterocycles. The summed E-state index contributed by atoms with van der Waals surface area (Å²) in [5.41, 5.74) is 4.89. The molecule has 0 aliphatic carbocycles. The van der Waals surface area contributed by atoms with E-state index in [2.05, 4.69) is 4.74 Å². The summed E-state index contributed by atoms with van der Waals surface area (Å²) in [5.74, 6) is 0.376. The molecule has 0 atom stereocenters. The molecule has 93 valence electrons. The highest BCUT2D eigenvalue weighted by molar-refractivity contribution is 6.02. The summed E-state index contributed by atoms with van der Waals surface area (Å²) >= 11 is 0. The first-order valence-electron chi connectivity index (χ1n) is 4.88. The van der Waals surface area contributed by atoms with Gasteiger partial charge in [0, 0.05) is 12.6 Å². The van der Waals surface area contributed by atoms with Crippen LogP contribution in [0, 0.1) is 18.2 Å². The zero-order valence-corrected chi connectivity index (χ0v) is 9.57. The molecular weight excluding hydrogens is 239 g/mol. The number of hydrogen-bond acceptors (Lipinski definition) is 4. The Kier molecular flexibility index (Phi) is 4.40. The van der Waals surface area contributed by atoms with Gasteiger partial charge in [-0.05, 0) is 30.5 Å². The minimum absolute atomic E-state index is 0.0389. The molecule has 0 fully saturated rings. The number of halogens is 1. The standard InChI is InChI=1S/C12H10FN2O3/c1-3-8-4-5-9(6-10(8)13)11(16)15(2)12(17)18-7-14/h4-6H,7,14H2,2H3. The summed E-state index contributed by atoms with van der Waals surface area (Å²) in [6.07, 6.45) is 5.87. The smallest absolute Gasteiger partial charge is 0.417 e. The molecule has 0 aliphatic rings. The van der Waals surface area contributed by atoms with E-state index in [0.717, 1.165) is 6.07 Å². The lowest BCUT2D eigenvalue weighted by atomic mass is 10.1. The van der Waals surface area contributed by atoms with Crippen LogP contribution in [0.3, 0.4) is 0 Å². The fraction of sp³-hybridized carbons (Fsp3) is 0.167. The fourth-order valence-electron chi connectivity index (χ4n) is 1.19. The van der Waals surface area contributed by atoms with Gasteiger partial charge in [-0.15, -0.1) is 0 Å². The lowest BCUT2D eigenvalue weighted by molar-refractivity contribution is 0.0714. The number of rotatable bonds is 2. The third-order valence-corrected chi connectivity index (χ3v) is 2.14. The van der Waals surface area contributed by atoms with Gasteiger partial charge in [0.15, 0.2) is 0 Å². The number of nitrogens with two attached hydrogens (primary N) is 1. The SMILES string of the molecule is [C]#Cc1ccc(C(=O)N(C)C(=O)OCN)cc1F. The van der Waals surface area contributed by atoms with Crippen molar-refractivity contribution in [2.24, 2.45) is 5.73 Å². The van der Waals surface area contributed by atoms with Crippen molar-refractivity contribution in [3.63, 3.8) is 0 Å². The summed E-state index contributed by atoms with van der Waals surface area (Å²) in [6, 6.07) is 3.43. The van der Waals surface area contributed by atoms with Crippen molar-refractivity contribution in [1.29, 1.82) is 0 Å². The topological polar surface area (TPSA) is 72.6 Å². The molecule has 1 radical (unpaired) electrons. The number of carbonyl (C=O) groups excluding carboxylic acids is 2. The highest BCUT2D eigenvalue weighted by Crippen LogP contribution is 2.11. The van der Waals surface area contributed by atoms with E-state index in [0.29, 0.717) is 4.90 Å². The van der Waals surface area contributed by atoms with E-state index >= 15 is 0 Å². The van der Waals surface area contributed by atoms with E-state index in [1.165, 1.54) is 19.2 Å². The first-order valence-corrected chi connectivity index (χ1v) is 4.88. The van der Waals surface area contributed by atoms with E-state index in [4.69, 9.17) is 12.2 Å². The van der Waals surface area contributed by atoms with Gasteiger partial charge in [-0.3, -0.25) is 10.5 Å². The minimum Gasteiger partial charge on any atom is -0.433 e. The van der Waals surface area contributed by atoms with Crippen LogP contribution in [0.15, 0.2) is 18.2 Å². The van der Waals surface area contributed by atoms with Crippen molar-refractivity contribution in [3.8, 4) is 5.92 Å². The van der Waals surface area contributed by atoms with Gasteiger partial charge < -0.3 is 4.74 Å². The van der Waals surface area contributed by atoms with Crippen molar-refractivity contribution in [2.45, 2.75) is 0 Å². The molecule has 0 bridgehead atoms. The van der Waals surface area contributed by atoms with Crippen LogP contribution in [0.25, 0.3) is 0 Å². The van der Waals surface area contributed by atoms with Crippen LogP contribution < -0.4 is 5.73 Å². The van der Waals surface area contributed by atoms with Gasteiger partial charge in [0.05, 0.1) is 5.56 Å². The Morgan fingerprint density at radius 2 is 2.22 bits per heavy atom. The molecule has 0 aromatic heterocycles. The monoisotopic (exact) mass is 249 g/mol. The number of nitrogens with zero attached hydrogens (tertiary/aromatic N) is 1. The van der Waals surface area contributed by atoms with Gasteiger partial charge in [-0.25, -0.2) is 14.1 Å².